The molecular weight excluding hydrogens is 507 g/mol. The zero-order valence-electron chi connectivity index (χ0n) is 22.4. The van der Waals surface area contributed by atoms with Crippen LogP contribution in [0.4, 0.5) is 4.39 Å². The molecule has 0 radical (unpaired) electrons. The number of fused-ring (bicyclic) bond motifs is 1. The molecule has 1 atom stereocenters. The summed E-state index contributed by atoms with van der Waals surface area (Å²) in [5, 5.41) is 2.31. The average Bonchev–Trinajstić information content (AvgIpc) is 3.11. The van der Waals surface area contributed by atoms with Crippen LogP contribution in [0.15, 0.2) is 72.8 Å². The van der Waals surface area contributed by atoms with E-state index in [2.05, 4.69) is 63.6 Å². The molecule has 3 aromatic carbocycles. The molecule has 3 aliphatic rings. The minimum absolute atomic E-state index is 0.156. The van der Waals surface area contributed by atoms with Gasteiger partial charge in [-0.3, -0.25) is 29.5 Å². The van der Waals surface area contributed by atoms with Crippen molar-refractivity contribution in [1.29, 1.82) is 0 Å². The molecule has 0 saturated carbocycles. The Kier molecular flexibility index (Phi) is 7.45. The van der Waals surface area contributed by atoms with Crippen LogP contribution in [-0.2, 0) is 22.7 Å². The summed E-state index contributed by atoms with van der Waals surface area (Å²) in [5.41, 5.74) is 4.12. The predicted molar refractivity (Wildman–Crippen MR) is 149 cm³/mol. The van der Waals surface area contributed by atoms with Gasteiger partial charge >= 0.3 is 0 Å². The monoisotopic (exact) mass is 540 g/mol. The number of hydrogen-bond donors (Lipinski definition) is 1. The molecule has 2 fully saturated rings. The fraction of sp³-hybridized carbons (Fsp3) is 0.344. The molecule has 206 valence electrons. The minimum Gasteiger partial charge on any atom is -0.322 e. The summed E-state index contributed by atoms with van der Waals surface area (Å²) in [6.07, 6.45) is 1.44. The van der Waals surface area contributed by atoms with Gasteiger partial charge in [-0.25, -0.2) is 4.39 Å². The molecule has 6 rings (SSSR count). The highest BCUT2D eigenvalue weighted by Crippen LogP contribution is 2.32. The van der Waals surface area contributed by atoms with Crippen molar-refractivity contribution in [2.75, 3.05) is 26.2 Å². The number of imide groups is 1. The predicted octanol–water partition coefficient (Wildman–Crippen LogP) is 3.88. The van der Waals surface area contributed by atoms with Crippen molar-refractivity contribution in [3.63, 3.8) is 0 Å². The maximum Gasteiger partial charge on any atom is 0.255 e. The number of hydrogen-bond acceptors (Lipinski definition) is 5. The van der Waals surface area contributed by atoms with E-state index < -0.39 is 17.8 Å². The second kappa shape index (κ2) is 11.3. The molecule has 1 unspecified atom stereocenters. The van der Waals surface area contributed by atoms with E-state index in [9.17, 15) is 14.4 Å². The fourth-order valence-corrected chi connectivity index (χ4v) is 6.29. The maximum atomic E-state index is 15.3. The van der Waals surface area contributed by atoms with Gasteiger partial charge in [-0.05, 0) is 48.2 Å². The Labute approximate surface area is 233 Å². The lowest BCUT2D eigenvalue weighted by molar-refractivity contribution is -0.136. The van der Waals surface area contributed by atoms with Crippen molar-refractivity contribution in [1.82, 2.24) is 20.0 Å². The number of halogens is 1. The number of carbonyl (C=O) groups is 3. The van der Waals surface area contributed by atoms with E-state index in [0.717, 1.165) is 38.2 Å². The smallest absolute Gasteiger partial charge is 0.255 e. The Bertz CT molecular complexity index is 1370. The molecule has 40 heavy (non-hydrogen) atoms. The normalized spacial score (nSPS) is 20.5. The lowest BCUT2D eigenvalue weighted by Gasteiger charge is -2.31. The number of carbonyl (C=O) groups excluding carboxylic acids is 3. The van der Waals surface area contributed by atoms with E-state index in [1.54, 1.807) is 6.07 Å². The number of rotatable bonds is 6. The van der Waals surface area contributed by atoms with Crippen LogP contribution in [0.2, 0.25) is 0 Å². The highest BCUT2D eigenvalue weighted by molar-refractivity contribution is 6.05. The third-order valence-corrected chi connectivity index (χ3v) is 8.30. The van der Waals surface area contributed by atoms with Gasteiger partial charge in [0.15, 0.2) is 0 Å². The molecule has 3 aromatic rings. The quantitative estimate of drug-likeness (QED) is 0.481. The van der Waals surface area contributed by atoms with E-state index in [4.69, 9.17) is 0 Å². The number of piperidine rings is 1. The van der Waals surface area contributed by atoms with E-state index in [1.165, 1.54) is 22.1 Å². The van der Waals surface area contributed by atoms with Gasteiger partial charge < -0.3 is 4.90 Å². The van der Waals surface area contributed by atoms with Gasteiger partial charge in [0.05, 0.1) is 6.04 Å². The summed E-state index contributed by atoms with van der Waals surface area (Å²) >= 11 is 0. The Morgan fingerprint density at radius 2 is 1.57 bits per heavy atom. The van der Waals surface area contributed by atoms with Crippen LogP contribution >= 0.6 is 0 Å². The van der Waals surface area contributed by atoms with Gasteiger partial charge in [-0.15, -0.1) is 0 Å². The van der Waals surface area contributed by atoms with Gasteiger partial charge in [0.1, 0.15) is 11.9 Å². The highest BCUT2D eigenvalue weighted by Gasteiger charge is 2.39. The Balaban J connectivity index is 1.16. The molecule has 0 bridgehead atoms. The van der Waals surface area contributed by atoms with E-state index >= 15 is 4.39 Å². The Hall–Kier alpha value is -3.88. The first-order valence-electron chi connectivity index (χ1n) is 14.0. The summed E-state index contributed by atoms with van der Waals surface area (Å²) in [7, 11) is 0. The molecule has 3 aliphatic heterocycles. The molecule has 3 heterocycles. The van der Waals surface area contributed by atoms with E-state index in [-0.39, 0.29) is 37.2 Å². The van der Waals surface area contributed by atoms with Crippen LogP contribution in [0.5, 0.6) is 0 Å². The zero-order valence-corrected chi connectivity index (χ0v) is 22.4. The third kappa shape index (κ3) is 5.29. The van der Waals surface area contributed by atoms with Crippen molar-refractivity contribution in [3.05, 3.63) is 106 Å². The number of nitrogens with zero attached hydrogens (tertiary/aromatic N) is 3. The summed E-state index contributed by atoms with van der Waals surface area (Å²) in [4.78, 5) is 43.2. The minimum atomic E-state index is -0.706. The number of amides is 3. The molecule has 0 spiro atoms. The summed E-state index contributed by atoms with van der Waals surface area (Å²) in [6.45, 7) is 4.15. The highest BCUT2D eigenvalue weighted by atomic mass is 19.1. The molecular formula is C32H33FN4O3. The number of benzene rings is 3. The molecule has 7 nitrogen and oxygen atoms in total. The van der Waals surface area contributed by atoms with Gasteiger partial charge in [0, 0.05) is 50.3 Å². The molecule has 0 aliphatic carbocycles. The van der Waals surface area contributed by atoms with Crippen LogP contribution < -0.4 is 5.32 Å². The molecule has 1 N–H and O–H groups in total. The first-order valence-corrected chi connectivity index (χ1v) is 14.0. The van der Waals surface area contributed by atoms with Crippen molar-refractivity contribution in [2.45, 2.75) is 44.4 Å². The van der Waals surface area contributed by atoms with Gasteiger partial charge in [0.25, 0.3) is 5.91 Å². The summed E-state index contributed by atoms with van der Waals surface area (Å²) in [5.74, 6) is -1.54. The molecule has 0 aromatic heterocycles. The van der Waals surface area contributed by atoms with Crippen LogP contribution in [0, 0.1) is 5.82 Å². The van der Waals surface area contributed by atoms with Gasteiger partial charge in [-0.1, -0.05) is 60.7 Å². The van der Waals surface area contributed by atoms with Crippen molar-refractivity contribution >= 4 is 17.7 Å². The van der Waals surface area contributed by atoms with Crippen molar-refractivity contribution in [3.8, 4) is 0 Å². The van der Waals surface area contributed by atoms with E-state index in [1.807, 2.05) is 12.1 Å². The second-order valence-corrected chi connectivity index (χ2v) is 10.9. The summed E-state index contributed by atoms with van der Waals surface area (Å²) in [6, 6.07) is 23.7. The maximum absolute atomic E-state index is 15.3. The standard InChI is InChI=1S/C32H33FN4O3/c33-27-19-26-24(21-37(32(26)40)28-12-13-29(38)34-31(28)39)18-25(27)20-35-14-7-15-36(17-16-35)30(22-8-3-1-4-9-22)23-10-5-2-6-11-23/h1-6,8-11,18-19,28,30H,7,12-17,20-21H2,(H,34,38,39). The third-order valence-electron chi connectivity index (χ3n) is 8.30. The molecule has 8 heteroatoms. The largest absolute Gasteiger partial charge is 0.322 e. The van der Waals surface area contributed by atoms with Crippen LogP contribution in [0.1, 0.15) is 57.9 Å². The SMILES string of the molecule is O=C1CCC(N2Cc3cc(CN4CCCN(C(c5ccccc5)c5ccccc5)CC4)c(F)cc3C2=O)C(=O)N1. The van der Waals surface area contributed by atoms with Gasteiger partial charge in [-0.2, -0.15) is 0 Å². The van der Waals surface area contributed by atoms with E-state index in [0.29, 0.717) is 17.7 Å². The Morgan fingerprint density at radius 3 is 2.25 bits per heavy atom. The first kappa shape index (κ1) is 26.3. The lowest BCUT2D eigenvalue weighted by Crippen LogP contribution is -2.52. The summed E-state index contributed by atoms with van der Waals surface area (Å²) < 4.78 is 15.3. The van der Waals surface area contributed by atoms with Crippen LogP contribution in [0.3, 0.4) is 0 Å². The molecule has 2 saturated heterocycles. The first-order chi connectivity index (χ1) is 19.5. The number of nitrogens with one attached hydrogen (secondary N) is 1. The van der Waals surface area contributed by atoms with Crippen LogP contribution in [0.25, 0.3) is 0 Å². The average molecular weight is 541 g/mol. The fourth-order valence-electron chi connectivity index (χ4n) is 6.29. The van der Waals surface area contributed by atoms with Gasteiger partial charge in [0.2, 0.25) is 11.8 Å². The second-order valence-electron chi connectivity index (χ2n) is 10.9. The zero-order chi connectivity index (χ0) is 27.6. The van der Waals surface area contributed by atoms with Crippen molar-refractivity contribution in [2.24, 2.45) is 0 Å². The topological polar surface area (TPSA) is 73.0 Å². The Morgan fingerprint density at radius 1 is 0.875 bits per heavy atom. The molecule has 3 amide bonds. The van der Waals surface area contributed by atoms with Crippen molar-refractivity contribution < 1.29 is 18.8 Å². The lowest BCUT2D eigenvalue weighted by atomic mass is 9.97. The van der Waals surface area contributed by atoms with Crippen LogP contribution in [-0.4, -0.2) is 64.6 Å².